The number of fused-ring (bicyclic) bond motifs is 1. The standard InChI is InChI=1S/C24H27N7O2/c1-16-5-10-19-20(26-16)27-23(33-19)30-13-11-29(12-14-30)21(32)17-6-8-18(9-7-17)31-15-25-22(28-31)24(2,3)4/h5-10,15H,11-14H2,1-4H3. The number of hydrogen-bond donors (Lipinski definition) is 0. The first-order chi connectivity index (χ1) is 15.8. The maximum atomic E-state index is 13.0. The van der Waals surface area contributed by atoms with Crippen LogP contribution in [-0.2, 0) is 5.41 Å². The molecule has 4 heterocycles. The van der Waals surface area contributed by atoms with Crippen molar-refractivity contribution >= 4 is 23.2 Å². The molecule has 9 nitrogen and oxygen atoms in total. The summed E-state index contributed by atoms with van der Waals surface area (Å²) >= 11 is 0. The molecular weight excluding hydrogens is 418 g/mol. The molecule has 0 radical (unpaired) electrons. The predicted molar refractivity (Wildman–Crippen MR) is 125 cm³/mol. The summed E-state index contributed by atoms with van der Waals surface area (Å²) in [4.78, 5) is 30.3. The van der Waals surface area contributed by atoms with Crippen LogP contribution in [0.3, 0.4) is 0 Å². The third-order valence-electron chi connectivity index (χ3n) is 5.76. The van der Waals surface area contributed by atoms with Crippen LogP contribution in [0.2, 0.25) is 0 Å². The molecule has 5 rings (SSSR count). The molecule has 1 aliphatic rings. The number of carbonyl (C=O) groups excluding carboxylic acids is 1. The van der Waals surface area contributed by atoms with E-state index in [2.05, 4.69) is 45.7 Å². The summed E-state index contributed by atoms with van der Waals surface area (Å²) in [6.45, 7) is 10.7. The smallest absolute Gasteiger partial charge is 0.300 e. The first-order valence-corrected chi connectivity index (χ1v) is 11.1. The molecule has 0 unspecified atom stereocenters. The lowest BCUT2D eigenvalue weighted by Crippen LogP contribution is -2.48. The largest absolute Gasteiger partial charge is 0.422 e. The Bertz CT molecular complexity index is 1290. The Morgan fingerprint density at radius 2 is 1.70 bits per heavy atom. The van der Waals surface area contributed by atoms with E-state index in [0.717, 1.165) is 17.2 Å². The van der Waals surface area contributed by atoms with Crippen molar-refractivity contribution in [2.24, 2.45) is 0 Å². The van der Waals surface area contributed by atoms with Crippen molar-refractivity contribution in [2.75, 3.05) is 31.1 Å². The van der Waals surface area contributed by atoms with E-state index in [0.29, 0.717) is 49.0 Å². The molecule has 0 aliphatic carbocycles. The number of hydrogen-bond acceptors (Lipinski definition) is 7. The maximum Gasteiger partial charge on any atom is 0.300 e. The molecule has 1 aliphatic heterocycles. The zero-order valence-corrected chi connectivity index (χ0v) is 19.3. The van der Waals surface area contributed by atoms with Gasteiger partial charge >= 0.3 is 0 Å². The average molecular weight is 446 g/mol. The highest BCUT2D eigenvalue weighted by atomic mass is 16.4. The lowest BCUT2D eigenvalue weighted by atomic mass is 9.96. The summed E-state index contributed by atoms with van der Waals surface area (Å²) in [7, 11) is 0. The second-order valence-electron chi connectivity index (χ2n) is 9.36. The number of aryl methyl sites for hydroxylation is 1. The van der Waals surface area contributed by atoms with E-state index in [4.69, 9.17) is 4.42 Å². The molecule has 33 heavy (non-hydrogen) atoms. The van der Waals surface area contributed by atoms with Crippen molar-refractivity contribution in [3.63, 3.8) is 0 Å². The average Bonchev–Trinajstić information content (AvgIpc) is 3.46. The summed E-state index contributed by atoms with van der Waals surface area (Å²) in [6, 6.07) is 11.8. The van der Waals surface area contributed by atoms with E-state index in [-0.39, 0.29) is 11.3 Å². The molecule has 4 aromatic rings. The van der Waals surface area contributed by atoms with Crippen LogP contribution >= 0.6 is 0 Å². The summed E-state index contributed by atoms with van der Waals surface area (Å²) in [5.41, 5.74) is 3.62. The topological polar surface area (TPSA) is 93.2 Å². The predicted octanol–water partition coefficient (Wildman–Crippen LogP) is 3.37. The van der Waals surface area contributed by atoms with Gasteiger partial charge in [0.15, 0.2) is 11.4 Å². The fourth-order valence-corrected chi connectivity index (χ4v) is 3.81. The normalized spacial score (nSPS) is 14.8. The Kier molecular flexibility index (Phi) is 5.11. The van der Waals surface area contributed by atoms with Crippen LogP contribution in [0.25, 0.3) is 16.9 Å². The zero-order chi connectivity index (χ0) is 23.2. The van der Waals surface area contributed by atoms with Gasteiger partial charge in [-0.15, -0.1) is 0 Å². The molecule has 0 atom stereocenters. The molecule has 1 amide bonds. The van der Waals surface area contributed by atoms with Crippen molar-refractivity contribution < 1.29 is 9.21 Å². The van der Waals surface area contributed by atoms with E-state index in [1.807, 2.05) is 48.2 Å². The minimum atomic E-state index is -0.114. The minimum Gasteiger partial charge on any atom is -0.422 e. The molecule has 0 spiro atoms. The van der Waals surface area contributed by atoms with Gasteiger partial charge in [-0.25, -0.2) is 14.6 Å². The second-order valence-corrected chi connectivity index (χ2v) is 9.36. The SMILES string of the molecule is Cc1ccc2oc(N3CCN(C(=O)c4ccc(-n5cnc(C(C)(C)C)n5)cc4)CC3)nc2n1. The van der Waals surface area contributed by atoms with Gasteiger partial charge in [0.2, 0.25) is 5.65 Å². The number of rotatable bonds is 3. The number of aromatic nitrogens is 5. The highest BCUT2D eigenvalue weighted by Crippen LogP contribution is 2.23. The van der Waals surface area contributed by atoms with Gasteiger partial charge in [-0.2, -0.15) is 10.1 Å². The van der Waals surface area contributed by atoms with E-state index in [9.17, 15) is 4.79 Å². The van der Waals surface area contributed by atoms with Crippen LogP contribution in [0.15, 0.2) is 47.1 Å². The molecule has 3 aromatic heterocycles. The number of piperazine rings is 1. The van der Waals surface area contributed by atoms with Gasteiger partial charge in [-0.1, -0.05) is 20.8 Å². The van der Waals surface area contributed by atoms with Gasteiger partial charge < -0.3 is 14.2 Å². The van der Waals surface area contributed by atoms with Gasteiger partial charge in [0.25, 0.3) is 11.9 Å². The minimum absolute atomic E-state index is 0.0185. The van der Waals surface area contributed by atoms with Crippen molar-refractivity contribution in [1.29, 1.82) is 0 Å². The lowest BCUT2D eigenvalue weighted by molar-refractivity contribution is 0.0745. The Morgan fingerprint density at radius 1 is 0.970 bits per heavy atom. The third kappa shape index (κ3) is 4.18. The van der Waals surface area contributed by atoms with E-state index < -0.39 is 0 Å². The Labute approximate surface area is 192 Å². The Morgan fingerprint density at radius 3 is 2.36 bits per heavy atom. The number of oxazole rings is 1. The summed E-state index contributed by atoms with van der Waals surface area (Å²) < 4.78 is 7.60. The van der Waals surface area contributed by atoms with Gasteiger partial charge in [0, 0.05) is 42.9 Å². The molecule has 0 saturated carbocycles. The molecule has 170 valence electrons. The number of benzene rings is 1. The highest BCUT2D eigenvalue weighted by Gasteiger charge is 2.25. The first-order valence-electron chi connectivity index (χ1n) is 11.1. The number of pyridine rings is 1. The van der Waals surface area contributed by atoms with Gasteiger partial charge in [-0.05, 0) is 43.3 Å². The monoisotopic (exact) mass is 445 g/mol. The lowest BCUT2D eigenvalue weighted by Gasteiger charge is -2.33. The van der Waals surface area contributed by atoms with Crippen LogP contribution in [0.1, 0.15) is 42.6 Å². The van der Waals surface area contributed by atoms with E-state index in [1.54, 1.807) is 11.0 Å². The quantitative estimate of drug-likeness (QED) is 0.477. The van der Waals surface area contributed by atoms with Crippen molar-refractivity contribution in [2.45, 2.75) is 33.1 Å². The van der Waals surface area contributed by atoms with E-state index in [1.165, 1.54) is 0 Å². The third-order valence-corrected chi connectivity index (χ3v) is 5.76. The van der Waals surface area contributed by atoms with Crippen molar-refractivity contribution in [1.82, 2.24) is 29.6 Å². The van der Waals surface area contributed by atoms with Crippen LogP contribution in [0.5, 0.6) is 0 Å². The Balaban J connectivity index is 1.23. The van der Waals surface area contributed by atoms with Crippen molar-refractivity contribution in [3.8, 4) is 5.69 Å². The van der Waals surface area contributed by atoms with Gasteiger partial charge in [0.05, 0.1) is 5.69 Å². The zero-order valence-electron chi connectivity index (χ0n) is 19.3. The van der Waals surface area contributed by atoms with Crippen LogP contribution in [0, 0.1) is 6.92 Å². The maximum absolute atomic E-state index is 13.0. The van der Waals surface area contributed by atoms with Crippen LogP contribution in [-0.4, -0.2) is 61.7 Å². The van der Waals surface area contributed by atoms with Crippen molar-refractivity contribution in [3.05, 3.63) is 59.8 Å². The van der Waals surface area contributed by atoms with Gasteiger partial charge in [-0.3, -0.25) is 4.79 Å². The number of carbonyl (C=O) groups is 1. The molecule has 0 N–H and O–H groups in total. The molecule has 0 bridgehead atoms. The number of amides is 1. The summed E-state index contributed by atoms with van der Waals surface area (Å²) in [5, 5.41) is 4.56. The molecule has 1 saturated heterocycles. The number of nitrogens with zero attached hydrogens (tertiary/aromatic N) is 7. The fourth-order valence-electron chi connectivity index (χ4n) is 3.81. The Hall–Kier alpha value is -3.75. The molecule has 9 heteroatoms. The van der Waals surface area contributed by atoms with E-state index >= 15 is 0 Å². The molecule has 1 aromatic carbocycles. The van der Waals surface area contributed by atoms with Crippen LogP contribution < -0.4 is 4.90 Å². The molecule has 1 fully saturated rings. The molecular formula is C24H27N7O2. The number of anilines is 1. The fraction of sp³-hybridized carbons (Fsp3) is 0.375. The van der Waals surface area contributed by atoms with Crippen LogP contribution in [0.4, 0.5) is 6.01 Å². The highest BCUT2D eigenvalue weighted by molar-refractivity contribution is 5.94. The summed E-state index contributed by atoms with van der Waals surface area (Å²) in [5.74, 6) is 0.801. The van der Waals surface area contributed by atoms with Gasteiger partial charge in [0.1, 0.15) is 6.33 Å². The second kappa shape index (κ2) is 7.99. The first kappa shape index (κ1) is 21.1. The summed E-state index contributed by atoms with van der Waals surface area (Å²) in [6.07, 6.45) is 1.71.